The van der Waals surface area contributed by atoms with Gasteiger partial charge in [-0.3, -0.25) is 10.1 Å². The first-order valence-electron chi connectivity index (χ1n) is 5.83. The number of anilines is 2. The number of carbonyl (C=O) groups is 2. The van der Waals surface area contributed by atoms with Crippen molar-refractivity contribution in [1.82, 2.24) is 5.32 Å². The summed E-state index contributed by atoms with van der Waals surface area (Å²) in [5, 5.41) is 16.7. The molecule has 7 nitrogen and oxygen atoms in total. The molecule has 0 aromatic heterocycles. The summed E-state index contributed by atoms with van der Waals surface area (Å²) in [5.41, 5.74) is 1.20. The van der Waals surface area contributed by atoms with Gasteiger partial charge in [0, 0.05) is 12.6 Å². The molecule has 2 amide bonds. The van der Waals surface area contributed by atoms with Crippen molar-refractivity contribution in [3.8, 4) is 5.75 Å². The highest BCUT2D eigenvalue weighted by Crippen LogP contribution is 2.31. The van der Waals surface area contributed by atoms with E-state index in [-0.39, 0.29) is 12.0 Å². The van der Waals surface area contributed by atoms with E-state index >= 15 is 0 Å². The summed E-state index contributed by atoms with van der Waals surface area (Å²) in [5.74, 6) is 0.535. The van der Waals surface area contributed by atoms with Crippen LogP contribution in [0.25, 0.3) is 0 Å². The molecule has 4 N–H and O–H groups in total. The molecule has 0 radical (unpaired) electrons. The number of hydrogen-bond donors (Lipinski definition) is 4. The number of carbonyl (C=O) groups excluding carboxylic acids is 1. The zero-order chi connectivity index (χ0) is 13.8. The SMILES string of the molecule is CC(=O)NC[C@H]1CNc2cc(NC(=O)O)ccc2O1. The zero-order valence-electron chi connectivity index (χ0n) is 10.4. The summed E-state index contributed by atoms with van der Waals surface area (Å²) in [6.45, 7) is 2.43. The summed E-state index contributed by atoms with van der Waals surface area (Å²) in [7, 11) is 0. The number of hydrogen-bond acceptors (Lipinski definition) is 4. The Balaban J connectivity index is 2.01. The van der Waals surface area contributed by atoms with E-state index in [0.717, 1.165) is 5.69 Å². The molecular weight excluding hydrogens is 250 g/mol. The molecule has 1 aromatic carbocycles. The van der Waals surface area contributed by atoms with Gasteiger partial charge in [0.15, 0.2) is 0 Å². The van der Waals surface area contributed by atoms with Crippen LogP contribution < -0.4 is 20.7 Å². The number of benzene rings is 1. The smallest absolute Gasteiger partial charge is 0.409 e. The highest BCUT2D eigenvalue weighted by molar-refractivity contribution is 5.84. The standard InChI is InChI=1S/C12H15N3O4/c1-7(16)13-5-9-6-14-10-4-8(15-12(17)18)2-3-11(10)19-9/h2-4,9,14-15H,5-6H2,1H3,(H,13,16)(H,17,18)/t9-/m0/s1. The Morgan fingerprint density at radius 3 is 3.00 bits per heavy atom. The van der Waals surface area contributed by atoms with E-state index < -0.39 is 6.09 Å². The number of ether oxygens (including phenoxy) is 1. The van der Waals surface area contributed by atoms with Gasteiger partial charge in [-0.1, -0.05) is 0 Å². The van der Waals surface area contributed by atoms with Crippen LogP contribution in [-0.4, -0.2) is 36.3 Å². The van der Waals surface area contributed by atoms with Crippen molar-refractivity contribution < 1.29 is 19.4 Å². The molecule has 1 aromatic rings. The second-order valence-corrected chi connectivity index (χ2v) is 4.20. The molecule has 0 fully saturated rings. The third-order valence-electron chi connectivity index (χ3n) is 2.62. The minimum Gasteiger partial charge on any atom is -0.485 e. The number of fused-ring (bicyclic) bond motifs is 1. The van der Waals surface area contributed by atoms with Gasteiger partial charge in [0.1, 0.15) is 11.9 Å². The summed E-state index contributed by atoms with van der Waals surface area (Å²) in [4.78, 5) is 21.4. The first kappa shape index (κ1) is 13.0. The number of rotatable bonds is 3. The van der Waals surface area contributed by atoms with Crippen LogP contribution in [0.3, 0.4) is 0 Å². The molecule has 7 heteroatoms. The second kappa shape index (κ2) is 5.47. The molecule has 1 atom stereocenters. The van der Waals surface area contributed by atoms with E-state index in [1.54, 1.807) is 18.2 Å². The van der Waals surface area contributed by atoms with Gasteiger partial charge in [0.2, 0.25) is 5.91 Å². The van der Waals surface area contributed by atoms with Crippen LogP contribution in [0.4, 0.5) is 16.2 Å². The summed E-state index contributed by atoms with van der Waals surface area (Å²) in [6.07, 6.45) is -1.25. The number of carboxylic acid groups (broad SMARTS) is 1. The van der Waals surface area contributed by atoms with Crippen molar-refractivity contribution in [1.29, 1.82) is 0 Å². The molecule has 1 aliphatic heterocycles. The molecule has 0 spiro atoms. The van der Waals surface area contributed by atoms with Crippen LogP contribution in [0.1, 0.15) is 6.92 Å². The van der Waals surface area contributed by atoms with E-state index in [1.165, 1.54) is 6.92 Å². The Labute approximate surface area is 109 Å². The maximum Gasteiger partial charge on any atom is 0.409 e. The molecule has 0 unspecified atom stereocenters. The number of amides is 2. The van der Waals surface area contributed by atoms with Gasteiger partial charge in [-0.05, 0) is 18.2 Å². The van der Waals surface area contributed by atoms with E-state index in [1.807, 2.05) is 0 Å². The first-order chi connectivity index (χ1) is 9.04. The molecule has 1 heterocycles. The van der Waals surface area contributed by atoms with Crippen LogP contribution in [0.5, 0.6) is 5.75 Å². The van der Waals surface area contributed by atoms with E-state index in [0.29, 0.717) is 24.5 Å². The molecule has 0 saturated heterocycles. The van der Waals surface area contributed by atoms with Crippen LogP contribution in [0.15, 0.2) is 18.2 Å². The molecule has 1 aliphatic rings. The predicted molar refractivity (Wildman–Crippen MR) is 69.7 cm³/mol. The molecule has 0 saturated carbocycles. The highest BCUT2D eigenvalue weighted by atomic mass is 16.5. The van der Waals surface area contributed by atoms with E-state index in [2.05, 4.69) is 16.0 Å². The lowest BCUT2D eigenvalue weighted by Gasteiger charge is -2.27. The topological polar surface area (TPSA) is 99.7 Å². The van der Waals surface area contributed by atoms with Gasteiger partial charge >= 0.3 is 6.09 Å². The van der Waals surface area contributed by atoms with Crippen molar-refractivity contribution in [2.75, 3.05) is 23.7 Å². The molecule has 102 valence electrons. The largest absolute Gasteiger partial charge is 0.485 e. The Hall–Kier alpha value is -2.44. The quantitative estimate of drug-likeness (QED) is 0.655. The Morgan fingerprint density at radius 1 is 1.53 bits per heavy atom. The monoisotopic (exact) mass is 265 g/mol. The number of nitrogens with one attached hydrogen (secondary N) is 3. The van der Waals surface area contributed by atoms with E-state index in [9.17, 15) is 9.59 Å². The average molecular weight is 265 g/mol. The predicted octanol–water partition coefficient (Wildman–Crippen LogP) is 1.09. The van der Waals surface area contributed by atoms with Gasteiger partial charge in [-0.25, -0.2) is 4.79 Å². The van der Waals surface area contributed by atoms with Gasteiger partial charge in [0.25, 0.3) is 0 Å². The van der Waals surface area contributed by atoms with E-state index in [4.69, 9.17) is 9.84 Å². The van der Waals surface area contributed by atoms with Crippen molar-refractivity contribution in [2.45, 2.75) is 13.0 Å². The molecule has 0 aliphatic carbocycles. The average Bonchev–Trinajstić information content (AvgIpc) is 2.35. The maximum atomic E-state index is 10.8. The fourth-order valence-electron chi connectivity index (χ4n) is 1.79. The van der Waals surface area contributed by atoms with Gasteiger partial charge < -0.3 is 20.5 Å². The fourth-order valence-corrected chi connectivity index (χ4v) is 1.79. The van der Waals surface area contributed by atoms with Crippen LogP contribution in [0.2, 0.25) is 0 Å². The van der Waals surface area contributed by atoms with Gasteiger partial charge in [0.05, 0.1) is 18.8 Å². The first-order valence-corrected chi connectivity index (χ1v) is 5.83. The van der Waals surface area contributed by atoms with Gasteiger partial charge in [-0.15, -0.1) is 0 Å². The van der Waals surface area contributed by atoms with Crippen molar-refractivity contribution in [3.05, 3.63) is 18.2 Å². The summed E-state index contributed by atoms with van der Waals surface area (Å²) < 4.78 is 5.69. The lowest BCUT2D eigenvalue weighted by molar-refractivity contribution is -0.119. The lowest BCUT2D eigenvalue weighted by atomic mass is 10.2. The lowest BCUT2D eigenvalue weighted by Crippen LogP contribution is -2.40. The van der Waals surface area contributed by atoms with Crippen molar-refractivity contribution in [2.24, 2.45) is 0 Å². The summed E-state index contributed by atoms with van der Waals surface area (Å²) >= 11 is 0. The molecule has 0 bridgehead atoms. The Kier molecular flexibility index (Phi) is 3.74. The third-order valence-corrected chi connectivity index (χ3v) is 2.62. The minimum absolute atomic E-state index is 0.101. The third kappa shape index (κ3) is 3.51. The van der Waals surface area contributed by atoms with Crippen molar-refractivity contribution >= 4 is 23.4 Å². The molecule has 19 heavy (non-hydrogen) atoms. The highest BCUT2D eigenvalue weighted by Gasteiger charge is 2.19. The minimum atomic E-state index is -1.11. The maximum absolute atomic E-state index is 10.8. The normalized spacial score (nSPS) is 16.6. The van der Waals surface area contributed by atoms with Crippen molar-refractivity contribution in [3.63, 3.8) is 0 Å². The zero-order valence-corrected chi connectivity index (χ0v) is 10.4. The Bertz CT molecular complexity index is 504. The van der Waals surface area contributed by atoms with Gasteiger partial charge in [-0.2, -0.15) is 0 Å². The van der Waals surface area contributed by atoms with Crippen LogP contribution in [0, 0.1) is 0 Å². The molecular formula is C12H15N3O4. The summed E-state index contributed by atoms with van der Waals surface area (Å²) in [6, 6.07) is 4.97. The molecule has 2 rings (SSSR count). The Morgan fingerprint density at radius 2 is 2.32 bits per heavy atom. The fraction of sp³-hybridized carbons (Fsp3) is 0.333. The van der Waals surface area contributed by atoms with Crippen LogP contribution >= 0.6 is 0 Å². The van der Waals surface area contributed by atoms with Crippen LogP contribution in [-0.2, 0) is 4.79 Å². The second-order valence-electron chi connectivity index (χ2n) is 4.20.